The van der Waals surface area contributed by atoms with Crippen LogP contribution in [0.2, 0.25) is 0 Å². The summed E-state index contributed by atoms with van der Waals surface area (Å²) in [6.45, 7) is 5.12. The fourth-order valence-electron chi connectivity index (χ4n) is 2.48. The second kappa shape index (κ2) is 7.99. The number of nitrogens with zero attached hydrogens (tertiary/aromatic N) is 1. The summed E-state index contributed by atoms with van der Waals surface area (Å²) >= 11 is 0. The zero-order chi connectivity index (χ0) is 16.8. The van der Waals surface area contributed by atoms with Crippen LogP contribution in [0.1, 0.15) is 38.7 Å². The molecule has 1 aliphatic rings. The lowest BCUT2D eigenvalue weighted by atomic mass is 10.1. The molecule has 0 spiro atoms. The summed E-state index contributed by atoms with van der Waals surface area (Å²) in [5, 5.41) is 5.61. The second-order valence-electron chi connectivity index (χ2n) is 6.54. The minimum Gasteiger partial charge on any atom is -0.359 e. The maximum Gasteiger partial charge on any atom is 0.322 e. The van der Waals surface area contributed by atoms with Crippen molar-refractivity contribution in [3.63, 3.8) is 0 Å². The summed E-state index contributed by atoms with van der Waals surface area (Å²) in [7, 11) is 1.62. The zero-order valence-electron chi connectivity index (χ0n) is 14.3. The second-order valence-corrected chi connectivity index (χ2v) is 6.54. The molecule has 0 radical (unpaired) electrons. The molecule has 0 unspecified atom stereocenters. The van der Waals surface area contributed by atoms with Crippen LogP contribution in [-0.4, -0.2) is 36.5 Å². The number of amides is 3. The number of carbonyl (C=O) groups is 2. The first kappa shape index (κ1) is 17.3. The highest BCUT2D eigenvalue weighted by molar-refractivity contribution is 5.91. The third kappa shape index (κ3) is 5.27. The van der Waals surface area contributed by atoms with Gasteiger partial charge in [0.25, 0.3) is 0 Å². The number of carbonyl (C=O) groups excluding carboxylic acids is 2. The summed E-state index contributed by atoms with van der Waals surface area (Å²) in [4.78, 5) is 26.2. The summed E-state index contributed by atoms with van der Waals surface area (Å²) in [6.07, 6.45) is 3.45. The molecule has 126 valence electrons. The fourth-order valence-corrected chi connectivity index (χ4v) is 2.48. The van der Waals surface area contributed by atoms with Crippen LogP contribution in [0.5, 0.6) is 0 Å². The van der Waals surface area contributed by atoms with E-state index in [1.807, 2.05) is 29.2 Å². The molecule has 0 bridgehead atoms. The van der Waals surface area contributed by atoms with Crippen molar-refractivity contribution in [2.45, 2.75) is 45.6 Å². The average Bonchev–Trinajstić information content (AvgIpc) is 3.33. The van der Waals surface area contributed by atoms with Gasteiger partial charge in [-0.15, -0.1) is 0 Å². The number of urea groups is 1. The van der Waals surface area contributed by atoms with Gasteiger partial charge in [0.1, 0.15) is 0 Å². The van der Waals surface area contributed by atoms with E-state index < -0.39 is 0 Å². The lowest BCUT2D eigenvalue weighted by Gasteiger charge is -2.24. The standard InChI is InChI=1S/C18H27N3O2/c1-13(2)10-11-21(15-8-9-15)18(23)20-16-7-5-4-6-14(16)12-17(22)19-3/h4-7,13,15H,8-12H2,1-3H3,(H,19,22)(H,20,23). The minimum atomic E-state index is -0.0643. The highest BCUT2D eigenvalue weighted by atomic mass is 16.2. The van der Waals surface area contributed by atoms with E-state index in [9.17, 15) is 9.59 Å². The molecule has 2 rings (SSSR count). The molecule has 1 aromatic rings. The SMILES string of the molecule is CNC(=O)Cc1ccccc1NC(=O)N(CCC(C)C)C1CC1. The van der Waals surface area contributed by atoms with Gasteiger partial charge in [-0.3, -0.25) is 4.79 Å². The van der Waals surface area contributed by atoms with Crippen LogP contribution in [0.15, 0.2) is 24.3 Å². The van der Waals surface area contributed by atoms with E-state index in [0.717, 1.165) is 37.1 Å². The van der Waals surface area contributed by atoms with E-state index in [-0.39, 0.29) is 18.4 Å². The minimum absolute atomic E-state index is 0.0579. The Morgan fingerprint density at radius 1 is 1.26 bits per heavy atom. The van der Waals surface area contributed by atoms with E-state index in [4.69, 9.17) is 0 Å². The van der Waals surface area contributed by atoms with Gasteiger partial charge in [0.15, 0.2) is 0 Å². The summed E-state index contributed by atoms with van der Waals surface area (Å²) < 4.78 is 0. The van der Waals surface area contributed by atoms with Crippen molar-refractivity contribution in [3.8, 4) is 0 Å². The van der Waals surface area contributed by atoms with Crippen LogP contribution in [0, 0.1) is 5.92 Å². The molecule has 1 aromatic carbocycles. The maximum absolute atomic E-state index is 12.6. The topological polar surface area (TPSA) is 61.4 Å². The number of benzene rings is 1. The first-order valence-corrected chi connectivity index (χ1v) is 8.37. The average molecular weight is 317 g/mol. The van der Waals surface area contributed by atoms with Crippen LogP contribution in [0.4, 0.5) is 10.5 Å². The van der Waals surface area contributed by atoms with Crippen molar-refractivity contribution in [2.24, 2.45) is 5.92 Å². The van der Waals surface area contributed by atoms with Crippen molar-refractivity contribution >= 4 is 17.6 Å². The van der Waals surface area contributed by atoms with E-state index in [2.05, 4.69) is 24.5 Å². The molecular weight excluding hydrogens is 290 g/mol. The quantitative estimate of drug-likeness (QED) is 0.812. The Hall–Kier alpha value is -2.04. The Bertz CT molecular complexity index is 553. The Kier molecular flexibility index (Phi) is 6.02. The van der Waals surface area contributed by atoms with Crippen molar-refractivity contribution in [3.05, 3.63) is 29.8 Å². The Labute approximate surface area is 138 Å². The smallest absolute Gasteiger partial charge is 0.322 e. The van der Waals surface area contributed by atoms with E-state index in [1.165, 1.54) is 0 Å². The molecule has 5 heteroatoms. The molecule has 0 aliphatic heterocycles. The fraction of sp³-hybridized carbons (Fsp3) is 0.556. The summed E-state index contributed by atoms with van der Waals surface area (Å²) in [6, 6.07) is 7.80. The summed E-state index contributed by atoms with van der Waals surface area (Å²) in [5.41, 5.74) is 1.55. The monoisotopic (exact) mass is 317 g/mol. The van der Waals surface area contributed by atoms with Gasteiger partial charge < -0.3 is 15.5 Å². The molecule has 0 heterocycles. The highest BCUT2D eigenvalue weighted by Gasteiger charge is 2.32. The third-order valence-electron chi connectivity index (χ3n) is 4.08. The van der Waals surface area contributed by atoms with Crippen molar-refractivity contribution in [1.29, 1.82) is 0 Å². The van der Waals surface area contributed by atoms with Gasteiger partial charge in [-0.05, 0) is 36.8 Å². The summed E-state index contributed by atoms with van der Waals surface area (Å²) in [5.74, 6) is 0.509. The Balaban J connectivity index is 2.04. The van der Waals surface area contributed by atoms with E-state index in [1.54, 1.807) is 7.05 Å². The van der Waals surface area contributed by atoms with Crippen molar-refractivity contribution < 1.29 is 9.59 Å². The first-order valence-electron chi connectivity index (χ1n) is 8.37. The van der Waals surface area contributed by atoms with Gasteiger partial charge in [0.2, 0.25) is 5.91 Å². The molecule has 1 saturated carbocycles. The molecular formula is C18H27N3O2. The zero-order valence-corrected chi connectivity index (χ0v) is 14.3. The van der Waals surface area contributed by atoms with Gasteiger partial charge in [-0.2, -0.15) is 0 Å². The predicted octanol–water partition coefficient (Wildman–Crippen LogP) is 3.02. The molecule has 0 saturated heterocycles. The van der Waals surface area contributed by atoms with E-state index >= 15 is 0 Å². The highest BCUT2D eigenvalue weighted by Crippen LogP contribution is 2.28. The number of nitrogens with one attached hydrogen (secondary N) is 2. The number of likely N-dealkylation sites (N-methyl/N-ethyl adjacent to an activating group) is 1. The third-order valence-corrected chi connectivity index (χ3v) is 4.08. The van der Waals surface area contributed by atoms with Gasteiger partial charge in [-0.1, -0.05) is 32.0 Å². The molecule has 1 aliphatic carbocycles. The lowest BCUT2D eigenvalue weighted by Crippen LogP contribution is -2.38. The van der Waals surface area contributed by atoms with Gasteiger partial charge in [0.05, 0.1) is 6.42 Å². The number of rotatable bonds is 7. The molecule has 0 atom stereocenters. The van der Waals surface area contributed by atoms with Gasteiger partial charge in [0, 0.05) is 25.3 Å². The van der Waals surface area contributed by atoms with Crippen molar-refractivity contribution in [1.82, 2.24) is 10.2 Å². The van der Waals surface area contributed by atoms with Crippen LogP contribution in [-0.2, 0) is 11.2 Å². The largest absolute Gasteiger partial charge is 0.359 e. The van der Waals surface area contributed by atoms with Crippen LogP contribution < -0.4 is 10.6 Å². The molecule has 1 fully saturated rings. The Morgan fingerprint density at radius 2 is 1.96 bits per heavy atom. The first-order chi connectivity index (χ1) is 11.0. The molecule has 2 N–H and O–H groups in total. The number of para-hydroxylation sites is 1. The van der Waals surface area contributed by atoms with Crippen LogP contribution >= 0.6 is 0 Å². The number of anilines is 1. The van der Waals surface area contributed by atoms with Crippen molar-refractivity contribution in [2.75, 3.05) is 18.9 Å². The number of hydrogen-bond donors (Lipinski definition) is 2. The lowest BCUT2D eigenvalue weighted by molar-refractivity contribution is -0.119. The van der Waals surface area contributed by atoms with Gasteiger partial charge in [-0.25, -0.2) is 4.79 Å². The molecule has 23 heavy (non-hydrogen) atoms. The van der Waals surface area contributed by atoms with Crippen LogP contribution in [0.25, 0.3) is 0 Å². The Morgan fingerprint density at radius 3 is 2.57 bits per heavy atom. The molecule has 0 aromatic heterocycles. The maximum atomic E-state index is 12.6. The van der Waals surface area contributed by atoms with Gasteiger partial charge >= 0.3 is 6.03 Å². The number of hydrogen-bond acceptors (Lipinski definition) is 2. The normalized spacial score (nSPS) is 13.7. The van der Waals surface area contributed by atoms with E-state index in [0.29, 0.717) is 12.0 Å². The molecule has 3 amide bonds. The predicted molar refractivity (Wildman–Crippen MR) is 92.4 cm³/mol. The molecule has 5 nitrogen and oxygen atoms in total. The van der Waals surface area contributed by atoms with Crippen LogP contribution in [0.3, 0.4) is 0 Å².